The maximum atomic E-state index is 5.30. The number of halogens is 1. The van der Waals surface area contributed by atoms with Crippen molar-refractivity contribution in [2.45, 2.75) is 13.0 Å². The second kappa shape index (κ2) is 7.67. The van der Waals surface area contributed by atoms with Crippen LogP contribution in [0.5, 0.6) is 11.5 Å². The second-order valence-electron chi connectivity index (χ2n) is 3.21. The van der Waals surface area contributed by atoms with Crippen LogP contribution in [0.1, 0.15) is 12.1 Å². The maximum Gasteiger partial charge on any atom is 0.183 e. The van der Waals surface area contributed by atoms with Crippen molar-refractivity contribution in [3.8, 4) is 11.5 Å². The lowest BCUT2D eigenvalue weighted by atomic mass is 10.3. The highest BCUT2D eigenvalue weighted by Crippen LogP contribution is 2.28. The summed E-state index contributed by atoms with van der Waals surface area (Å²) in [5.74, 6) is 1.44. The van der Waals surface area contributed by atoms with E-state index in [-0.39, 0.29) is 0 Å². The number of methoxy groups -OCH3 is 2. The molecule has 1 rings (SSSR count). The number of nitrogens with one attached hydrogen (secondary N) is 1. The molecule has 4 nitrogen and oxygen atoms in total. The normalized spacial score (nSPS) is 10.2. The van der Waals surface area contributed by atoms with Crippen LogP contribution in [0.2, 0.25) is 0 Å². The number of hydrogen-bond acceptors (Lipinski definition) is 4. The van der Waals surface area contributed by atoms with E-state index in [1.54, 1.807) is 26.5 Å². The molecule has 0 aromatic carbocycles. The van der Waals surface area contributed by atoms with Gasteiger partial charge in [-0.1, -0.05) is 22.6 Å². The summed E-state index contributed by atoms with van der Waals surface area (Å²) in [6, 6.07) is 1.80. The third-order valence-corrected chi connectivity index (χ3v) is 2.91. The molecule has 0 fully saturated rings. The number of nitrogens with zero attached hydrogens (tertiary/aromatic N) is 1. The van der Waals surface area contributed by atoms with E-state index in [0.717, 1.165) is 28.8 Å². The summed E-state index contributed by atoms with van der Waals surface area (Å²) in [5.41, 5.74) is 0.885. The zero-order chi connectivity index (χ0) is 11.8. The van der Waals surface area contributed by atoms with Crippen molar-refractivity contribution in [3.05, 3.63) is 18.0 Å². The van der Waals surface area contributed by atoms with Gasteiger partial charge >= 0.3 is 0 Å². The lowest BCUT2D eigenvalue weighted by Gasteiger charge is -2.11. The fourth-order valence-electron chi connectivity index (χ4n) is 1.38. The van der Waals surface area contributed by atoms with Gasteiger partial charge in [0.25, 0.3) is 0 Å². The van der Waals surface area contributed by atoms with Crippen molar-refractivity contribution in [2.75, 3.05) is 25.2 Å². The first-order valence-corrected chi connectivity index (χ1v) is 6.68. The van der Waals surface area contributed by atoms with Crippen molar-refractivity contribution in [1.82, 2.24) is 10.3 Å². The molecule has 0 aliphatic heterocycles. The van der Waals surface area contributed by atoms with E-state index >= 15 is 0 Å². The molecule has 0 aliphatic rings. The van der Waals surface area contributed by atoms with Crippen molar-refractivity contribution < 1.29 is 9.47 Å². The van der Waals surface area contributed by atoms with Gasteiger partial charge in [0.1, 0.15) is 0 Å². The maximum absolute atomic E-state index is 5.30. The molecule has 0 bridgehead atoms. The third kappa shape index (κ3) is 3.79. The van der Waals surface area contributed by atoms with Gasteiger partial charge in [0.2, 0.25) is 0 Å². The van der Waals surface area contributed by atoms with Gasteiger partial charge in [-0.25, -0.2) is 0 Å². The molecule has 1 N–H and O–H groups in total. The van der Waals surface area contributed by atoms with Crippen LogP contribution in [0.4, 0.5) is 0 Å². The van der Waals surface area contributed by atoms with Crippen LogP contribution in [0.15, 0.2) is 12.3 Å². The summed E-state index contributed by atoms with van der Waals surface area (Å²) in [6.45, 7) is 1.70. The Labute approximate surface area is 110 Å². The first-order chi connectivity index (χ1) is 7.83. The summed E-state index contributed by atoms with van der Waals surface area (Å²) in [4.78, 5) is 4.29. The molecular weight excluding hydrogens is 319 g/mol. The first-order valence-electron chi connectivity index (χ1n) is 5.16. The molecular formula is C11H17IN2O2. The molecule has 0 atom stereocenters. The van der Waals surface area contributed by atoms with Crippen molar-refractivity contribution in [2.24, 2.45) is 0 Å². The van der Waals surface area contributed by atoms with Crippen LogP contribution in [-0.2, 0) is 6.54 Å². The number of hydrogen-bond donors (Lipinski definition) is 1. The van der Waals surface area contributed by atoms with E-state index in [4.69, 9.17) is 9.47 Å². The largest absolute Gasteiger partial charge is 0.493 e. The van der Waals surface area contributed by atoms with E-state index in [1.165, 1.54) is 0 Å². The summed E-state index contributed by atoms with van der Waals surface area (Å²) < 4.78 is 11.7. The summed E-state index contributed by atoms with van der Waals surface area (Å²) >= 11 is 2.37. The zero-order valence-electron chi connectivity index (χ0n) is 9.62. The van der Waals surface area contributed by atoms with Crippen LogP contribution in [0.3, 0.4) is 0 Å². The van der Waals surface area contributed by atoms with Crippen molar-refractivity contribution in [3.63, 3.8) is 0 Å². The Kier molecular flexibility index (Phi) is 6.47. The smallest absolute Gasteiger partial charge is 0.183 e. The van der Waals surface area contributed by atoms with Gasteiger partial charge < -0.3 is 14.8 Å². The fourth-order valence-corrected chi connectivity index (χ4v) is 1.76. The Morgan fingerprint density at radius 3 is 2.81 bits per heavy atom. The first kappa shape index (κ1) is 13.5. The zero-order valence-corrected chi connectivity index (χ0v) is 11.8. The lowest BCUT2D eigenvalue weighted by molar-refractivity contribution is 0.348. The van der Waals surface area contributed by atoms with Crippen LogP contribution in [0.25, 0.3) is 0 Å². The highest BCUT2D eigenvalue weighted by atomic mass is 127. The number of pyridine rings is 1. The number of aromatic nitrogens is 1. The summed E-state index contributed by atoms with van der Waals surface area (Å²) in [5, 5.41) is 3.33. The molecule has 90 valence electrons. The minimum atomic E-state index is 0.705. The van der Waals surface area contributed by atoms with Gasteiger partial charge in [-0.3, -0.25) is 4.98 Å². The van der Waals surface area contributed by atoms with E-state index in [2.05, 4.69) is 32.9 Å². The number of alkyl halides is 1. The van der Waals surface area contributed by atoms with Gasteiger partial charge in [0.15, 0.2) is 11.5 Å². The Morgan fingerprint density at radius 2 is 2.19 bits per heavy atom. The minimum Gasteiger partial charge on any atom is -0.493 e. The topological polar surface area (TPSA) is 43.4 Å². The van der Waals surface area contributed by atoms with E-state index < -0.39 is 0 Å². The molecule has 0 saturated heterocycles. The third-order valence-electron chi connectivity index (χ3n) is 2.15. The Bertz CT molecular complexity index is 321. The Balaban J connectivity index is 2.63. The monoisotopic (exact) mass is 336 g/mol. The molecule has 0 saturated carbocycles. The molecule has 1 aromatic heterocycles. The Morgan fingerprint density at radius 1 is 1.38 bits per heavy atom. The van der Waals surface area contributed by atoms with Crippen LogP contribution in [0, 0.1) is 0 Å². The highest BCUT2D eigenvalue weighted by molar-refractivity contribution is 14.1. The SMILES string of the molecule is COc1ccnc(CNCCCI)c1OC. The predicted molar refractivity (Wildman–Crippen MR) is 72.6 cm³/mol. The highest BCUT2D eigenvalue weighted by Gasteiger charge is 2.09. The van der Waals surface area contributed by atoms with Crippen molar-refractivity contribution in [1.29, 1.82) is 0 Å². The number of rotatable bonds is 7. The van der Waals surface area contributed by atoms with Gasteiger partial charge in [-0.15, -0.1) is 0 Å². The molecule has 0 amide bonds. The predicted octanol–water partition coefficient (Wildman–Crippen LogP) is 2.01. The van der Waals surface area contributed by atoms with Gasteiger partial charge in [0.05, 0.1) is 19.9 Å². The van der Waals surface area contributed by atoms with E-state index in [1.807, 2.05) is 0 Å². The molecule has 0 aliphatic carbocycles. The summed E-state index contributed by atoms with van der Waals surface area (Å²) in [7, 11) is 3.26. The molecule has 0 radical (unpaired) electrons. The fraction of sp³-hybridized carbons (Fsp3) is 0.545. The minimum absolute atomic E-state index is 0.705. The van der Waals surface area contributed by atoms with E-state index in [0.29, 0.717) is 12.3 Å². The average Bonchev–Trinajstić information content (AvgIpc) is 2.34. The van der Waals surface area contributed by atoms with E-state index in [9.17, 15) is 0 Å². The van der Waals surface area contributed by atoms with Gasteiger partial charge in [-0.05, 0) is 13.0 Å². The molecule has 0 unspecified atom stereocenters. The Hall–Kier alpha value is -0.560. The molecule has 0 spiro atoms. The molecule has 1 heterocycles. The van der Waals surface area contributed by atoms with Crippen LogP contribution < -0.4 is 14.8 Å². The molecule has 5 heteroatoms. The summed E-state index contributed by atoms with van der Waals surface area (Å²) in [6.07, 6.45) is 2.89. The van der Waals surface area contributed by atoms with Crippen molar-refractivity contribution >= 4 is 22.6 Å². The number of ether oxygens (including phenoxy) is 2. The average molecular weight is 336 g/mol. The van der Waals surface area contributed by atoms with Gasteiger partial charge in [-0.2, -0.15) is 0 Å². The lowest BCUT2D eigenvalue weighted by Crippen LogP contribution is -2.16. The molecule has 1 aromatic rings. The standard InChI is InChI=1S/C11H17IN2O2/c1-15-10-4-7-14-9(11(10)16-2)8-13-6-3-5-12/h4,7,13H,3,5-6,8H2,1-2H3. The van der Waals surface area contributed by atoms with Gasteiger partial charge in [0, 0.05) is 23.2 Å². The van der Waals surface area contributed by atoms with Crippen LogP contribution >= 0.6 is 22.6 Å². The quantitative estimate of drug-likeness (QED) is 0.470. The molecule has 16 heavy (non-hydrogen) atoms. The van der Waals surface area contributed by atoms with Crippen LogP contribution in [-0.4, -0.2) is 30.2 Å². The second-order valence-corrected chi connectivity index (χ2v) is 4.29.